The summed E-state index contributed by atoms with van der Waals surface area (Å²) in [6, 6.07) is 6.35. The molecule has 0 atom stereocenters. The number of urea groups is 1. The number of nitrogens with one attached hydrogen (secondary N) is 1. The molecule has 118 valence electrons. The van der Waals surface area contributed by atoms with Crippen molar-refractivity contribution >= 4 is 48.6 Å². The van der Waals surface area contributed by atoms with Crippen LogP contribution in [0.5, 0.6) is 0 Å². The standard InChI is InChI=1S/C15H19BrN4OS/c1-10(2)17-14(21)19-5-7-20(8-6-19)15-18-12-4-3-11(16)9-13(12)22-15/h3-4,9-10H,5-8H2,1-2H3,(H,17,21). The van der Waals surface area contributed by atoms with Gasteiger partial charge >= 0.3 is 6.03 Å². The fraction of sp³-hybridized carbons (Fsp3) is 0.467. The smallest absolute Gasteiger partial charge is 0.317 e. The molecule has 2 aromatic rings. The summed E-state index contributed by atoms with van der Waals surface area (Å²) in [7, 11) is 0. The molecule has 22 heavy (non-hydrogen) atoms. The Kier molecular flexibility index (Phi) is 4.54. The molecule has 1 N–H and O–H groups in total. The van der Waals surface area contributed by atoms with Crippen LogP contribution in [0.1, 0.15) is 13.8 Å². The lowest BCUT2D eigenvalue weighted by Gasteiger charge is -2.34. The minimum atomic E-state index is 0.0304. The molecule has 2 amide bonds. The van der Waals surface area contributed by atoms with Gasteiger partial charge in [-0.2, -0.15) is 0 Å². The van der Waals surface area contributed by atoms with Crippen molar-refractivity contribution in [3.8, 4) is 0 Å². The molecule has 0 saturated carbocycles. The molecule has 0 spiro atoms. The first kappa shape index (κ1) is 15.6. The first-order valence-electron chi connectivity index (χ1n) is 7.39. The number of piperazine rings is 1. The lowest BCUT2D eigenvalue weighted by atomic mass is 10.3. The maximum atomic E-state index is 12.0. The molecule has 0 bridgehead atoms. The van der Waals surface area contributed by atoms with Gasteiger partial charge in [0.2, 0.25) is 0 Å². The van der Waals surface area contributed by atoms with Crippen molar-refractivity contribution in [3.63, 3.8) is 0 Å². The number of rotatable bonds is 2. The van der Waals surface area contributed by atoms with Crippen LogP contribution in [0.4, 0.5) is 9.93 Å². The number of hydrogen-bond donors (Lipinski definition) is 1. The summed E-state index contributed by atoms with van der Waals surface area (Å²) in [5.41, 5.74) is 1.03. The Labute approximate surface area is 142 Å². The Bertz CT molecular complexity index is 679. The molecular formula is C15H19BrN4OS. The topological polar surface area (TPSA) is 48.5 Å². The number of aromatic nitrogens is 1. The van der Waals surface area contributed by atoms with E-state index < -0.39 is 0 Å². The number of amides is 2. The van der Waals surface area contributed by atoms with E-state index in [9.17, 15) is 4.79 Å². The maximum absolute atomic E-state index is 12.0. The van der Waals surface area contributed by atoms with E-state index in [1.807, 2.05) is 30.9 Å². The van der Waals surface area contributed by atoms with Crippen molar-refractivity contribution in [1.29, 1.82) is 0 Å². The van der Waals surface area contributed by atoms with Crippen LogP contribution in [0.15, 0.2) is 22.7 Å². The highest BCUT2D eigenvalue weighted by molar-refractivity contribution is 9.10. The van der Waals surface area contributed by atoms with Crippen molar-refractivity contribution < 1.29 is 4.79 Å². The van der Waals surface area contributed by atoms with Crippen LogP contribution in [-0.2, 0) is 0 Å². The molecule has 1 saturated heterocycles. The number of benzene rings is 1. The summed E-state index contributed by atoms with van der Waals surface area (Å²) in [6.45, 7) is 7.08. The molecule has 0 aliphatic carbocycles. The number of carbonyl (C=O) groups excluding carboxylic acids is 1. The van der Waals surface area contributed by atoms with Gasteiger partial charge in [-0.05, 0) is 32.0 Å². The molecule has 1 aromatic heterocycles. The third kappa shape index (κ3) is 3.35. The van der Waals surface area contributed by atoms with Crippen molar-refractivity contribution in [3.05, 3.63) is 22.7 Å². The molecule has 1 fully saturated rings. The predicted molar refractivity (Wildman–Crippen MR) is 94.8 cm³/mol. The van der Waals surface area contributed by atoms with Gasteiger partial charge in [0.1, 0.15) is 0 Å². The van der Waals surface area contributed by atoms with Gasteiger partial charge in [0.25, 0.3) is 0 Å². The second-order valence-electron chi connectivity index (χ2n) is 5.69. The predicted octanol–water partition coefficient (Wildman–Crippen LogP) is 3.30. The van der Waals surface area contributed by atoms with Crippen LogP contribution < -0.4 is 10.2 Å². The zero-order valence-corrected chi connectivity index (χ0v) is 15.1. The Morgan fingerprint density at radius 2 is 2.05 bits per heavy atom. The van der Waals surface area contributed by atoms with E-state index >= 15 is 0 Å². The lowest BCUT2D eigenvalue weighted by molar-refractivity contribution is 0.192. The second-order valence-corrected chi connectivity index (χ2v) is 7.61. The van der Waals surface area contributed by atoms with Gasteiger partial charge in [-0.15, -0.1) is 0 Å². The zero-order valence-electron chi connectivity index (χ0n) is 12.7. The minimum Gasteiger partial charge on any atom is -0.345 e. The van der Waals surface area contributed by atoms with Crippen molar-refractivity contribution in [2.24, 2.45) is 0 Å². The lowest BCUT2D eigenvalue weighted by Crippen LogP contribution is -2.52. The van der Waals surface area contributed by atoms with Crippen LogP contribution in [-0.4, -0.2) is 48.1 Å². The van der Waals surface area contributed by atoms with Crippen molar-refractivity contribution in [1.82, 2.24) is 15.2 Å². The Morgan fingerprint density at radius 1 is 1.32 bits per heavy atom. The van der Waals surface area contributed by atoms with Crippen molar-refractivity contribution in [2.45, 2.75) is 19.9 Å². The van der Waals surface area contributed by atoms with E-state index in [1.165, 1.54) is 4.70 Å². The second kappa shape index (κ2) is 6.42. The number of carbonyl (C=O) groups is 1. The molecule has 7 heteroatoms. The number of fused-ring (bicyclic) bond motifs is 1. The molecular weight excluding hydrogens is 364 g/mol. The van der Waals surface area contributed by atoms with Gasteiger partial charge in [-0.1, -0.05) is 27.3 Å². The number of halogens is 1. The number of thiazole rings is 1. The minimum absolute atomic E-state index is 0.0304. The molecule has 0 radical (unpaired) electrons. The van der Waals surface area contributed by atoms with Gasteiger partial charge in [0.15, 0.2) is 5.13 Å². The SMILES string of the molecule is CC(C)NC(=O)N1CCN(c2nc3ccc(Br)cc3s2)CC1. The summed E-state index contributed by atoms with van der Waals surface area (Å²) >= 11 is 5.20. The zero-order chi connectivity index (χ0) is 15.7. The molecule has 5 nitrogen and oxygen atoms in total. The summed E-state index contributed by atoms with van der Waals surface area (Å²) in [4.78, 5) is 20.8. The molecule has 1 aliphatic heterocycles. The summed E-state index contributed by atoms with van der Waals surface area (Å²) in [5.74, 6) is 0. The molecule has 2 heterocycles. The summed E-state index contributed by atoms with van der Waals surface area (Å²) < 4.78 is 2.26. The molecule has 3 rings (SSSR count). The highest BCUT2D eigenvalue weighted by atomic mass is 79.9. The molecule has 1 aromatic carbocycles. The van der Waals surface area contributed by atoms with E-state index in [2.05, 4.69) is 32.2 Å². The highest BCUT2D eigenvalue weighted by Crippen LogP contribution is 2.31. The fourth-order valence-electron chi connectivity index (χ4n) is 2.46. The third-order valence-electron chi connectivity index (χ3n) is 3.59. The Hall–Kier alpha value is -1.34. The normalized spacial score (nSPS) is 15.6. The maximum Gasteiger partial charge on any atom is 0.317 e. The van der Waals surface area contributed by atoms with Gasteiger partial charge < -0.3 is 15.1 Å². The fourth-order valence-corrected chi connectivity index (χ4v) is 4.03. The van der Waals surface area contributed by atoms with Gasteiger partial charge in [0.05, 0.1) is 10.2 Å². The Morgan fingerprint density at radius 3 is 2.73 bits per heavy atom. The van der Waals surface area contributed by atoms with Crippen molar-refractivity contribution in [2.75, 3.05) is 31.1 Å². The van der Waals surface area contributed by atoms with Crippen LogP contribution in [0, 0.1) is 0 Å². The quantitative estimate of drug-likeness (QED) is 0.866. The van der Waals surface area contributed by atoms with Crippen LogP contribution in [0.25, 0.3) is 10.2 Å². The highest BCUT2D eigenvalue weighted by Gasteiger charge is 2.23. The van der Waals surface area contributed by atoms with Gasteiger partial charge in [-0.25, -0.2) is 9.78 Å². The van der Waals surface area contributed by atoms with Gasteiger partial charge in [-0.3, -0.25) is 0 Å². The van der Waals surface area contributed by atoms with E-state index in [-0.39, 0.29) is 12.1 Å². The number of anilines is 1. The van der Waals surface area contributed by atoms with E-state index in [0.717, 1.165) is 41.3 Å². The first-order chi connectivity index (χ1) is 10.5. The largest absolute Gasteiger partial charge is 0.345 e. The average molecular weight is 383 g/mol. The van der Waals surface area contributed by atoms with Crippen LogP contribution in [0.3, 0.4) is 0 Å². The van der Waals surface area contributed by atoms with E-state index in [1.54, 1.807) is 11.3 Å². The summed E-state index contributed by atoms with van der Waals surface area (Å²) in [6.07, 6.45) is 0. The molecule has 0 unspecified atom stereocenters. The molecule has 1 aliphatic rings. The Balaban J connectivity index is 1.66. The number of hydrogen-bond acceptors (Lipinski definition) is 4. The first-order valence-corrected chi connectivity index (χ1v) is 9.00. The summed E-state index contributed by atoms with van der Waals surface area (Å²) in [5, 5.41) is 3.98. The van der Waals surface area contributed by atoms with Gasteiger partial charge in [0, 0.05) is 36.7 Å². The van der Waals surface area contributed by atoms with Crippen LogP contribution in [0.2, 0.25) is 0 Å². The van der Waals surface area contributed by atoms with E-state index in [0.29, 0.717) is 0 Å². The van der Waals surface area contributed by atoms with E-state index in [4.69, 9.17) is 4.98 Å². The third-order valence-corrected chi connectivity index (χ3v) is 5.16. The number of nitrogens with zero attached hydrogens (tertiary/aromatic N) is 3. The monoisotopic (exact) mass is 382 g/mol. The average Bonchev–Trinajstić information content (AvgIpc) is 2.89. The van der Waals surface area contributed by atoms with Crippen LogP contribution >= 0.6 is 27.3 Å².